The number of halogens is 1. The SMILES string of the molecule is NN=C(C=N[C@@H]1CN[C@H](C(=O)O)C1)c1cncc(Cl)c1. The van der Waals surface area contributed by atoms with Gasteiger partial charge in [-0.1, -0.05) is 11.6 Å². The van der Waals surface area contributed by atoms with Crippen LogP contribution in [0.4, 0.5) is 0 Å². The van der Waals surface area contributed by atoms with Gasteiger partial charge in [-0.3, -0.25) is 14.8 Å². The number of hydrogen-bond donors (Lipinski definition) is 3. The Labute approximate surface area is 120 Å². The van der Waals surface area contributed by atoms with Gasteiger partial charge < -0.3 is 16.3 Å². The van der Waals surface area contributed by atoms with Gasteiger partial charge in [0.25, 0.3) is 0 Å². The first kappa shape index (κ1) is 14.4. The van der Waals surface area contributed by atoms with E-state index in [1.54, 1.807) is 12.3 Å². The molecule has 0 bridgehead atoms. The maximum atomic E-state index is 10.8. The number of nitrogens with zero attached hydrogens (tertiary/aromatic N) is 3. The second-order valence-electron chi connectivity index (χ2n) is 4.37. The predicted octanol–water partition coefficient (Wildman–Crippen LogP) is 0.284. The molecule has 2 rings (SSSR count). The van der Waals surface area contributed by atoms with Crippen molar-refractivity contribution in [3.8, 4) is 0 Å². The molecule has 1 aliphatic rings. The van der Waals surface area contributed by atoms with Gasteiger partial charge in [-0.25, -0.2) is 0 Å². The fraction of sp³-hybridized carbons (Fsp3) is 0.333. The summed E-state index contributed by atoms with van der Waals surface area (Å²) in [6.07, 6.45) is 5.05. The van der Waals surface area contributed by atoms with E-state index in [4.69, 9.17) is 22.6 Å². The van der Waals surface area contributed by atoms with Crippen LogP contribution in [0.3, 0.4) is 0 Å². The van der Waals surface area contributed by atoms with Gasteiger partial charge in [-0.05, 0) is 12.5 Å². The van der Waals surface area contributed by atoms with E-state index in [9.17, 15) is 4.79 Å². The highest BCUT2D eigenvalue weighted by molar-refractivity contribution is 6.39. The molecule has 0 aliphatic carbocycles. The van der Waals surface area contributed by atoms with Gasteiger partial charge in [0, 0.05) is 30.7 Å². The van der Waals surface area contributed by atoms with Crippen LogP contribution in [0.2, 0.25) is 5.02 Å². The number of pyridine rings is 1. The van der Waals surface area contributed by atoms with E-state index in [2.05, 4.69) is 20.4 Å². The van der Waals surface area contributed by atoms with Gasteiger partial charge in [0.05, 0.1) is 11.1 Å². The normalized spacial score (nSPS) is 23.4. The number of rotatable bonds is 4. The van der Waals surface area contributed by atoms with Crippen molar-refractivity contribution in [3.05, 3.63) is 29.0 Å². The van der Waals surface area contributed by atoms with Crippen LogP contribution in [0, 0.1) is 0 Å². The molecule has 106 valence electrons. The summed E-state index contributed by atoms with van der Waals surface area (Å²) in [7, 11) is 0. The predicted molar refractivity (Wildman–Crippen MR) is 76.3 cm³/mol. The third-order valence-electron chi connectivity index (χ3n) is 2.95. The van der Waals surface area contributed by atoms with E-state index in [0.717, 1.165) is 0 Å². The molecule has 0 spiro atoms. The van der Waals surface area contributed by atoms with E-state index in [-0.39, 0.29) is 6.04 Å². The Morgan fingerprint density at radius 2 is 2.40 bits per heavy atom. The molecular formula is C12H14ClN5O2. The van der Waals surface area contributed by atoms with Gasteiger partial charge >= 0.3 is 5.97 Å². The highest BCUT2D eigenvalue weighted by Crippen LogP contribution is 2.11. The Morgan fingerprint density at radius 3 is 3.00 bits per heavy atom. The van der Waals surface area contributed by atoms with Crippen LogP contribution >= 0.6 is 11.6 Å². The van der Waals surface area contributed by atoms with Crippen molar-refractivity contribution in [2.24, 2.45) is 15.9 Å². The number of nitrogens with two attached hydrogens (primary N) is 1. The lowest BCUT2D eigenvalue weighted by atomic mass is 10.1. The van der Waals surface area contributed by atoms with Gasteiger partial charge in [-0.15, -0.1) is 0 Å². The van der Waals surface area contributed by atoms with Crippen molar-refractivity contribution in [1.82, 2.24) is 10.3 Å². The molecule has 20 heavy (non-hydrogen) atoms. The standard InChI is InChI=1S/C12H14ClN5O2/c13-8-1-7(3-15-4-8)11(18-14)6-16-9-2-10(12(19)20)17-5-9/h1,3-4,6,9-10,17H,2,5,14H2,(H,19,20)/t9-,10-/m0/s1. The zero-order valence-electron chi connectivity index (χ0n) is 10.5. The number of carboxylic acid groups (broad SMARTS) is 1. The van der Waals surface area contributed by atoms with E-state index in [1.165, 1.54) is 12.4 Å². The average Bonchev–Trinajstić information content (AvgIpc) is 2.88. The quantitative estimate of drug-likeness (QED) is 0.419. The maximum absolute atomic E-state index is 10.8. The lowest BCUT2D eigenvalue weighted by molar-refractivity contribution is -0.139. The zero-order chi connectivity index (χ0) is 14.5. The van der Waals surface area contributed by atoms with Crippen LogP contribution in [0.15, 0.2) is 28.6 Å². The first-order chi connectivity index (χ1) is 9.60. The lowest BCUT2D eigenvalue weighted by Crippen LogP contribution is -2.29. The number of aliphatic carboxylic acids is 1. The molecule has 2 atom stereocenters. The minimum atomic E-state index is -0.866. The topological polar surface area (TPSA) is 113 Å². The maximum Gasteiger partial charge on any atom is 0.320 e. The second kappa shape index (κ2) is 6.44. The van der Waals surface area contributed by atoms with Crippen molar-refractivity contribution < 1.29 is 9.90 Å². The monoisotopic (exact) mass is 295 g/mol. The number of hydrazone groups is 1. The molecule has 0 saturated carbocycles. The molecule has 1 fully saturated rings. The molecule has 0 unspecified atom stereocenters. The molecule has 7 nitrogen and oxygen atoms in total. The van der Waals surface area contributed by atoms with Crippen molar-refractivity contribution in [2.75, 3.05) is 6.54 Å². The minimum absolute atomic E-state index is 0.111. The van der Waals surface area contributed by atoms with Crippen LogP contribution in [-0.2, 0) is 4.79 Å². The molecule has 0 aromatic carbocycles. The first-order valence-corrected chi connectivity index (χ1v) is 6.36. The Balaban J connectivity index is 2.05. The molecular weight excluding hydrogens is 282 g/mol. The lowest BCUT2D eigenvalue weighted by Gasteiger charge is -2.03. The number of carbonyl (C=O) groups is 1. The van der Waals surface area contributed by atoms with Crippen molar-refractivity contribution in [2.45, 2.75) is 18.5 Å². The largest absolute Gasteiger partial charge is 0.480 e. The fourth-order valence-electron chi connectivity index (χ4n) is 1.93. The molecule has 1 saturated heterocycles. The number of aromatic nitrogens is 1. The number of carboxylic acids is 1. The van der Waals surface area contributed by atoms with E-state index < -0.39 is 12.0 Å². The third kappa shape index (κ3) is 3.52. The molecule has 1 aromatic heterocycles. The van der Waals surface area contributed by atoms with Crippen LogP contribution in [0.25, 0.3) is 0 Å². The highest BCUT2D eigenvalue weighted by atomic mass is 35.5. The molecule has 4 N–H and O–H groups in total. The molecule has 0 amide bonds. The first-order valence-electron chi connectivity index (χ1n) is 5.98. The summed E-state index contributed by atoms with van der Waals surface area (Å²) in [5.74, 6) is 4.47. The smallest absolute Gasteiger partial charge is 0.320 e. The summed E-state index contributed by atoms with van der Waals surface area (Å²) < 4.78 is 0. The average molecular weight is 296 g/mol. The second-order valence-corrected chi connectivity index (χ2v) is 4.81. The molecule has 0 radical (unpaired) electrons. The Kier molecular flexibility index (Phi) is 4.65. The summed E-state index contributed by atoms with van der Waals surface area (Å²) in [4.78, 5) is 19.1. The molecule has 8 heteroatoms. The van der Waals surface area contributed by atoms with Crippen LogP contribution < -0.4 is 11.2 Å². The number of hydrogen-bond acceptors (Lipinski definition) is 6. The fourth-order valence-corrected chi connectivity index (χ4v) is 2.10. The van der Waals surface area contributed by atoms with E-state index in [1.807, 2.05) is 0 Å². The molecule has 1 aromatic rings. The van der Waals surface area contributed by atoms with Crippen LogP contribution in [-0.4, -0.2) is 46.6 Å². The molecule has 1 aliphatic heterocycles. The Morgan fingerprint density at radius 1 is 1.60 bits per heavy atom. The summed E-state index contributed by atoms with van der Waals surface area (Å²) >= 11 is 5.85. The van der Waals surface area contributed by atoms with Crippen LogP contribution in [0.5, 0.6) is 0 Å². The van der Waals surface area contributed by atoms with E-state index in [0.29, 0.717) is 29.3 Å². The summed E-state index contributed by atoms with van der Waals surface area (Å²) in [5.41, 5.74) is 1.10. The Hall–Kier alpha value is -1.99. The number of aliphatic imine (C=N–C) groups is 1. The van der Waals surface area contributed by atoms with Gasteiger partial charge in [0.1, 0.15) is 11.8 Å². The highest BCUT2D eigenvalue weighted by Gasteiger charge is 2.28. The number of nitrogens with one attached hydrogen (secondary N) is 1. The Bertz CT molecular complexity index is 561. The summed E-state index contributed by atoms with van der Waals surface area (Å²) in [6.45, 7) is 0.513. The molecule has 2 heterocycles. The van der Waals surface area contributed by atoms with E-state index >= 15 is 0 Å². The summed E-state index contributed by atoms with van der Waals surface area (Å²) in [5, 5.41) is 15.9. The zero-order valence-corrected chi connectivity index (χ0v) is 11.3. The third-order valence-corrected chi connectivity index (χ3v) is 3.16. The van der Waals surface area contributed by atoms with Gasteiger partial charge in [0.2, 0.25) is 0 Å². The van der Waals surface area contributed by atoms with Gasteiger partial charge in [0.15, 0.2) is 0 Å². The van der Waals surface area contributed by atoms with Crippen molar-refractivity contribution in [1.29, 1.82) is 0 Å². The van der Waals surface area contributed by atoms with Crippen molar-refractivity contribution in [3.63, 3.8) is 0 Å². The van der Waals surface area contributed by atoms with Crippen LogP contribution in [0.1, 0.15) is 12.0 Å². The van der Waals surface area contributed by atoms with Crippen molar-refractivity contribution >= 4 is 29.5 Å². The minimum Gasteiger partial charge on any atom is -0.480 e. The summed E-state index contributed by atoms with van der Waals surface area (Å²) in [6, 6.07) is 1.02. The van der Waals surface area contributed by atoms with Gasteiger partial charge in [-0.2, -0.15) is 5.10 Å².